The van der Waals surface area contributed by atoms with E-state index in [1.165, 1.54) is 0 Å². The summed E-state index contributed by atoms with van der Waals surface area (Å²) in [6, 6.07) is 13.1. The van der Waals surface area contributed by atoms with Crippen molar-refractivity contribution in [2.24, 2.45) is 0 Å². The second-order valence-corrected chi connectivity index (χ2v) is 5.33. The Morgan fingerprint density at radius 3 is 2.88 bits per heavy atom. The number of hydrogen-bond acceptors (Lipinski definition) is 4. The van der Waals surface area contributed by atoms with Gasteiger partial charge in [0.05, 0.1) is 12.2 Å². The molecule has 6 nitrogen and oxygen atoms in total. The summed E-state index contributed by atoms with van der Waals surface area (Å²) in [6.07, 6.45) is 3.48. The van der Waals surface area contributed by atoms with Crippen LogP contribution in [0.2, 0.25) is 0 Å². The largest absolute Gasteiger partial charge is 0.493 e. The minimum atomic E-state index is -0.120. The van der Waals surface area contributed by atoms with Crippen LogP contribution in [-0.4, -0.2) is 33.7 Å². The second kappa shape index (κ2) is 7.59. The van der Waals surface area contributed by atoms with E-state index >= 15 is 0 Å². The van der Waals surface area contributed by atoms with E-state index in [2.05, 4.69) is 15.5 Å². The van der Waals surface area contributed by atoms with Gasteiger partial charge in [-0.2, -0.15) is 0 Å². The number of nitrogens with zero attached hydrogens (tertiary/aromatic N) is 3. The second-order valence-electron chi connectivity index (χ2n) is 5.33. The maximum atomic E-state index is 12.3. The summed E-state index contributed by atoms with van der Waals surface area (Å²) in [4.78, 5) is 12.3. The molecule has 1 N–H and O–H groups in total. The minimum Gasteiger partial charge on any atom is -0.493 e. The quantitative estimate of drug-likeness (QED) is 0.678. The number of benzene rings is 1. The van der Waals surface area contributed by atoms with E-state index in [9.17, 15) is 4.79 Å². The number of rotatable bonds is 7. The van der Waals surface area contributed by atoms with Gasteiger partial charge in [-0.05, 0) is 37.6 Å². The maximum Gasteiger partial charge on any atom is 0.255 e. The first kappa shape index (κ1) is 16.0. The number of para-hydroxylation sites is 1. The van der Waals surface area contributed by atoms with E-state index in [1.807, 2.05) is 47.9 Å². The van der Waals surface area contributed by atoms with Crippen LogP contribution in [0.4, 0.5) is 0 Å². The van der Waals surface area contributed by atoms with Crippen molar-refractivity contribution in [2.45, 2.75) is 19.8 Å². The average molecular weight is 324 g/mol. The first-order chi connectivity index (χ1) is 11.8. The van der Waals surface area contributed by atoms with E-state index in [-0.39, 0.29) is 5.91 Å². The molecule has 1 amide bonds. The lowest BCUT2D eigenvalue weighted by Crippen LogP contribution is -2.25. The van der Waals surface area contributed by atoms with Crippen molar-refractivity contribution in [3.8, 4) is 5.75 Å². The Bertz CT molecular complexity index is 829. The Balaban J connectivity index is 1.54. The van der Waals surface area contributed by atoms with Gasteiger partial charge in [-0.15, -0.1) is 10.2 Å². The number of amides is 1. The van der Waals surface area contributed by atoms with Crippen LogP contribution in [-0.2, 0) is 6.42 Å². The van der Waals surface area contributed by atoms with Crippen LogP contribution >= 0.6 is 0 Å². The molecular formula is C18H20N4O2. The van der Waals surface area contributed by atoms with Gasteiger partial charge in [0.15, 0.2) is 5.65 Å². The molecule has 3 rings (SSSR count). The Morgan fingerprint density at radius 2 is 2.00 bits per heavy atom. The number of ether oxygens (including phenoxy) is 1. The molecule has 2 aromatic heterocycles. The van der Waals surface area contributed by atoms with Crippen LogP contribution in [0, 0.1) is 0 Å². The summed E-state index contributed by atoms with van der Waals surface area (Å²) in [5.41, 5.74) is 1.40. The standard InChI is InChI=1S/C18H20N4O2/c1-2-24-15-9-4-3-8-14(15)18(23)19-12-7-11-17-21-20-16-10-5-6-13-22(16)17/h3-6,8-10,13H,2,7,11-12H2,1H3,(H,19,23). The molecule has 0 saturated heterocycles. The number of aromatic nitrogens is 3. The van der Waals surface area contributed by atoms with Gasteiger partial charge in [-0.1, -0.05) is 18.2 Å². The molecule has 6 heteroatoms. The van der Waals surface area contributed by atoms with Crippen LogP contribution in [0.3, 0.4) is 0 Å². The highest BCUT2D eigenvalue weighted by Gasteiger charge is 2.11. The Hall–Kier alpha value is -2.89. The Kier molecular flexibility index (Phi) is 5.05. The molecule has 24 heavy (non-hydrogen) atoms. The van der Waals surface area contributed by atoms with Gasteiger partial charge in [0, 0.05) is 19.2 Å². The van der Waals surface area contributed by atoms with Crippen molar-refractivity contribution in [1.29, 1.82) is 0 Å². The first-order valence-electron chi connectivity index (χ1n) is 8.08. The lowest BCUT2D eigenvalue weighted by molar-refractivity contribution is 0.0949. The summed E-state index contributed by atoms with van der Waals surface area (Å²) >= 11 is 0. The van der Waals surface area contributed by atoms with Gasteiger partial charge in [-0.25, -0.2) is 0 Å². The van der Waals surface area contributed by atoms with Crippen molar-refractivity contribution in [2.75, 3.05) is 13.2 Å². The molecule has 0 unspecified atom stereocenters. The van der Waals surface area contributed by atoms with Gasteiger partial charge in [0.1, 0.15) is 11.6 Å². The Labute approximate surface area is 140 Å². The minimum absolute atomic E-state index is 0.120. The first-order valence-corrected chi connectivity index (χ1v) is 8.08. The summed E-state index contributed by atoms with van der Waals surface area (Å²) in [5, 5.41) is 11.2. The summed E-state index contributed by atoms with van der Waals surface area (Å²) in [5.74, 6) is 1.39. The molecule has 0 bridgehead atoms. The molecule has 0 fully saturated rings. The molecular weight excluding hydrogens is 304 g/mol. The molecule has 0 aliphatic rings. The molecule has 0 aliphatic heterocycles. The summed E-state index contributed by atoms with van der Waals surface area (Å²) < 4.78 is 7.45. The molecule has 1 aromatic carbocycles. The summed E-state index contributed by atoms with van der Waals surface area (Å²) in [6.45, 7) is 3.00. The number of fused-ring (bicyclic) bond motifs is 1. The normalized spacial score (nSPS) is 10.7. The van der Waals surface area contributed by atoms with Crippen LogP contribution < -0.4 is 10.1 Å². The molecule has 3 aromatic rings. The van der Waals surface area contributed by atoms with Crippen molar-refractivity contribution in [3.63, 3.8) is 0 Å². The van der Waals surface area contributed by atoms with Crippen molar-refractivity contribution >= 4 is 11.6 Å². The zero-order chi connectivity index (χ0) is 16.8. The fourth-order valence-corrected chi connectivity index (χ4v) is 2.54. The van der Waals surface area contributed by atoms with Gasteiger partial charge in [-0.3, -0.25) is 9.20 Å². The van der Waals surface area contributed by atoms with E-state index < -0.39 is 0 Å². The van der Waals surface area contributed by atoms with Crippen LogP contribution in [0.5, 0.6) is 5.75 Å². The Morgan fingerprint density at radius 1 is 1.17 bits per heavy atom. The topological polar surface area (TPSA) is 68.5 Å². The number of carbonyl (C=O) groups excluding carboxylic acids is 1. The van der Waals surface area contributed by atoms with Crippen LogP contribution in [0.25, 0.3) is 5.65 Å². The average Bonchev–Trinajstić information content (AvgIpc) is 3.02. The van der Waals surface area contributed by atoms with Gasteiger partial charge in [0.2, 0.25) is 0 Å². The summed E-state index contributed by atoms with van der Waals surface area (Å²) in [7, 11) is 0. The number of carbonyl (C=O) groups is 1. The molecule has 0 radical (unpaired) electrons. The van der Waals surface area contributed by atoms with Crippen LogP contribution in [0.1, 0.15) is 29.5 Å². The zero-order valence-corrected chi connectivity index (χ0v) is 13.6. The molecule has 124 valence electrons. The van der Waals surface area contributed by atoms with E-state index in [1.54, 1.807) is 12.1 Å². The predicted molar refractivity (Wildman–Crippen MR) is 91.3 cm³/mol. The highest BCUT2D eigenvalue weighted by molar-refractivity contribution is 5.96. The fourth-order valence-electron chi connectivity index (χ4n) is 2.54. The SMILES string of the molecule is CCOc1ccccc1C(=O)NCCCc1nnc2ccccn12. The van der Waals surface area contributed by atoms with Gasteiger partial charge in [0.25, 0.3) is 5.91 Å². The fraction of sp³-hybridized carbons (Fsp3) is 0.278. The highest BCUT2D eigenvalue weighted by atomic mass is 16.5. The third-order valence-electron chi connectivity index (χ3n) is 3.68. The zero-order valence-electron chi connectivity index (χ0n) is 13.6. The third-order valence-corrected chi connectivity index (χ3v) is 3.68. The smallest absolute Gasteiger partial charge is 0.255 e. The van der Waals surface area contributed by atoms with Gasteiger partial charge >= 0.3 is 0 Å². The lowest BCUT2D eigenvalue weighted by atomic mass is 10.2. The number of pyridine rings is 1. The molecule has 0 saturated carbocycles. The lowest BCUT2D eigenvalue weighted by Gasteiger charge is -2.10. The third kappa shape index (κ3) is 3.53. The van der Waals surface area contributed by atoms with Gasteiger partial charge < -0.3 is 10.1 Å². The molecule has 0 aliphatic carbocycles. The van der Waals surface area contributed by atoms with E-state index in [4.69, 9.17) is 4.74 Å². The van der Waals surface area contributed by atoms with E-state index in [0.29, 0.717) is 24.5 Å². The van der Waals surface area contributed by atoms with Crippen molar-refractivity contribution in [3.05, 3.63) is 60.0 Å². The maximum absolute atomic E-state index is 12.3. The number of hydrogen-bond donors (Lipinski definition) is 1. The predicted octanol–water partition coefficient (Wildman–Crippen LogP) is 2.49. The van der Waals surface area contributed by atoms with Crippen LogP contribution in [0.15, 0.2) is 48.7 Å². The molecule has 0 spiro atoms. The van der Waals surface area contributed by atoms with Crippen molar-refractivity contribution in [1.82, 2.24) is 19.9 Å². The molecule has 2 heterocycles. The monoisotopic (exact) mass is 324 g/mol. The number of aryl methyl sites for hydroxylation is 1. The number of nitrogens with one attached hydrogen (secondary N) is 1. The van der Waals surface area contributed by atoms with E-state index in [0.717, 1.165) is 24.3 Å². The molecule has 0 atom stereocenters. The van der Waals surface area contributed by atoms with Crippen molar-refractivity contribution < 1.29 is 9.53 Å². The highest BCUT2D eigenvalue weighted by Crippen LogP contribution is 2.17.